The van der Waals surface area contributed by atoms with Gasteiger partial charge in [0, 0.05) is 24.0 Å². The van der Waals surface area contributed by atoms with Crippen molar-refractivity contribution in [3.05, 3.63) is 0 Å². The molecule has 0 amide bonds. The zero-order valence-corrected chi connectivity index (χ0v) is 26.4. The molecule has 0 saturated carbocycles. The van der Waals surface area contributed by atoms with Gasteiger partial charge in [0.15, 0.2) is 0 Å². The Kier molecular flexibility index (Phi) is 40.3. The summed E-state index contributed by atoms with van der Waals surface area (Å²) >= 11 is 0. The maximum Gasteiger partial charge on any atom is 1.00 e. The molecule has 32 heavy (non-hydrogen) atoms. The fourth-order valence-corrected chi connectivity index (χ4v) is 1.55. The summed E-state index contributed by atoms with van der Waals surface area (Å²) in [5, 5.41) is 61.4. The number of aliphatic carboxylic acids is 6. The van der Waals surface area contributed by atoms with E-state index < -0.39 is 73.8 Å². The molecule has 0 aromatic heterocycles. The molecular weight excluding hydrogens is 480 g/mol. The number of carbonyl (C=O) groups is 6. The van der Waals surface area contributed by atoms with Crippen LogP contribution in [0.3, 0.4) is 0 Å². The summed E-state index contributed by atoms with van der Waals surface area (Å²) in [6.07, 6.45) is -1.47. The van der Waals surface area contributed by atoms with E-state index in [1.807, 2.05) is 0 Å². The molecule has 160 valence electrons. The van der Waals surface area contributed by atoms with E-state index in [0.717, 1.165) is 0 Å². The molecule has 4 N–H and O–H groups in total. The second-order valence-corrected chi connectivity index (χ2v) is 5.11. The van der Waals surface area contributed by atoms with Crippen molar-refractivity contribution in [2.75, 3.05) is 13.1 Å². The SMILES string of the molecule is O=C([O-])CCC(NCC(=O)O)C(=O)[O-].O=C([O-])CCC(NCC(=O)O)C(=O)[O-].[Na+].[Na+].[Na+].[Na+]. The number of nitrogens with one attached hydrogen (secondary N) is 2. The van der Waals surface area contributed by atoms with Gasteiger partial charge < -0.3 is 49.8 Å². The number of hydrogen-bond donors (Lipinski definition) is 4. The Morgan fingerprint density at radius 1 is 0.594 bits per heavy atom. The summed E-state index contributed by atoms with van der Waals surface area (Å²) in [5.74, 6) is -8.32. The predicted octanol–water partition coefficient (Wildman–Crippen LogP) is -19.4. The molecule has 0 heterocycles. The number of carboxylic acids is 6. The Morgan fingerprint density at radius 3 is 1.00 bits per heavy atom. The fraction of sp³-hybridized carbons (Fsp3) is 0.571. The molecule has 18 heteroatoms. The first-order chi connectivity index (χ1) is 12.9. The molecule has 0 aromatic rings. The normalized spacial score (nSPS) is 10.5. The van der Waals surface area contributed by atoms with Gasteiger partial charge in [0.2, 0.25) is 0 Å². The van der Waals surface area contributed by atoms with Gasteiger partial charge in [-0.25, -0.2) is 0 Å². The van der Waals surface area contributed by atoms with Gasteiger partial charge >= 0.3 is 130 Å². The average Bonchev–Trinajstić information content (AvgIpc) is 2.53. The number of hydrogen-bond acceptors (Lipinski definition) is 12. The number of rotatable bonds is 14. The van der Waals surface area contributed by atoms with E-state index in [0.29, 0.717) is 0 Å². The predicted molar refractivity (Wildman–Crippen MR) is 77.3 cm³/mol. The number of carbonyl (C=O) groups excluding carboxylic acids is 4. The second kappa shape index (κ2) is 28.0. The van der Waals surface area contributed by atoms with Crippen LogP contribution >= 0.6 is 0 Å². The largest absolute Gasteiger partial charge is 1.00 e. The van der Waals surface area contributed by atoms with Crippen LogP contribution in [0.5, 0.6) is 0 Å². The van der Waals surface area contributed by atoms with Crippen molar-refractivity contribution in [3.8, 4) is 0 Å². The minimum Gasteiger partial charge on any atom is -0.550 e. The second-order valence-electron chi connectivity index (χ2n) is 5.11. The van der Waals surface area contributed by atoms with Crippen LogP contribution < -0.4 is 149 Å². The maximum atomic E-state index is 10.3. The molecule has 0 rings (SSSR count). The summed E-state index contributed by atoms with van der Waals surface area (Å²) in [5.41, 5.74) is 0. The Balaban J connectivity index is -0.0000000939. The molecule has 0 radical (unpaired) electrons. The van der Waals surface area contributed by atoms with E-state index in [9.17, 15) is 49.2 Å². The van der Waals surface area contributed by atoms with Crippen LogP contribution in [0.2, 0.25) is 0 Å². The zero-order chi connectivity index (χ0) is 22.3. The molecule has 0 aliphatic carbocycles. The summed E-state index contributed by atoms with van der Waals surface area (Å²) in [4.78, 5) is 60.8. The average molecular weight is 498 g/mol. The standard InChI is InChI=1S/2C7H11NO6.4Na/c2*9-5(10)2-1-4(7(13)14)8-3-6(11)12;;;;/h2*4,8H,1-3H2,(H,9,10)(H,11,12)(H,13,14);;;;/q;;4*+1/p-4. The molecule has 2 atom stereocenters. The molecule has 0 aliphatic heterocycles. The molecule has 0 aromatic carbocycles. The molecule has 0 saturated heterocycles. The van der Waals surface area contributed by atoms with Gasteiger partial charge in [0.05, 0.1) is 25.0 Å². The quantitative estimate of drug-likeness (QED) is 0.162. The summed E-state index contributed by atoms with van der Waals surface area (Å²) < 4.78 is 0. The Morgan fingerprint density at radius 2 is 0.844 bits per heavy atom. The van der Waals surface area contributed by atoms with E-state index in [2.05, 4.69) is 10.6 Å². The van der Waals surface area contributed by atoms with Crippen LogP contribution in [0.4, 0.5) is 0 Å². The van der Waals surface area contributed by atoms with E-state index in [1.54, 1.807) is 0 Å². The zero-order valence-electron chi connectivity index (χ0n) is 18.4. The monoisotopic (exact) mass is 498 g/mol. The van der Waals surface area contributed by atoms with Crippen molar-refractivity contribution in [3.63, 3.8) is 0 Å². The fourth-order valence-electron chi connectivity index (χ4n) is 1.55. The van der Waals surface area contributed by atoms with Crippen molar-refractivity contribution in [2.24, 2.45) is 0 Å². The molecule has 0 bridgehead atoms. The van der Waals surface area contributed by atoms with Crippen molar-refractivity contribution in [2.45, 2.75) is 37.8 Å². The topological polar surface area (TPSA) is 259 Å². The number of carboxylic acid groups (broad SMARTS) is 6. The van der Waals surface area contributed by atoms with Gasteiger partial charge in [0.1, 0.15) is 0 Å². The van der Waals surface area contributed by atoms with Gasteiger partial charge in [-0.05, 0) is 25.7 Å². The van der Waals surface area contributed by atoms with Crippen LogP contribution in [-0.2, 0) is 28.8 Å². The van der Waals surface area contributed by atoms with Crippen molar-refractivity contribution < 1.29 is 178 Å². The van der Waals surface area contributed by atoms with Gasteiger partial charge in [-0.1, -0.05) is 0 Å². The van der Waals surface area contributed by atoms with Gasteiger partial charge in [-0.2, -0.15) is 0 Å². The van der Waals surface area contributed by atoms with Gasteiger partial charge in [0.25, 0.3) is 0 Å². The Bertz CT molecular complexity index is 508. The molecule has 0 spiro atoms. The minimum absolute atomic E-state index is 0. The van der Waals surface area contributed by atoms with Gasteiger partial charge in [-0.3, -0.25) is 20.2 Å². The Hall–Kier alpha value is 0.740. The van der Waals surface area contributed by atoms with E-state index >= 15 is 0 Å². The van der Waals surface area contributed by atoms with E-state index in [1.165, 1.54) is 0 Å². The molecule has 2 unspecified atom stereocenters. The van der Waals surface area contributed by atoms with Crippen LogP contribution in [0.1, 0.15) is 25.7 Å². The molecular formula is C14H18N2Na4O12. The summed E-state index contributed by atoms with van der Waals surface area (Å²) in [7, 11) is 0. The smallest absolute Gasteiger partial charge is 0.550 e. The van der Waals surface area contributed by atoms with Crippen LogP contribution in [0.15, 0.2) is 0 Å². The van der Waals surface area contributed by atoms with Crippen LogP contribution in [0, 0.1) is 0 Å². The van der Waals surface area contributed by atoms with Crippen molar-refractivity contribution >= 4 is 35.8 Å². The summed E-state index contributed by atoms with van der Waals surface area (Å²) in [6, 6.07) is -2.58. The third-order valence-electron chi connectivity index (χ3n) is 2.84. The molecule has 14 nitrogen and oxygen atoms in total. The van der Waals surface area contributed by atoms with Crippen LogP contribution in [0.25, 0.3) is 0 Å². The van der Waals surface area contributed by atoms with Crippen molar-refractivity contribution in [1.82, 2.24) is 10.6 Å². The van der Waals surface area contributed by atoms with E-state index in [4.69, 9.17) is 10.2 Å². The van der Waals surface area contributed by atoms with Crippen molar-refractivity contribution in [1.29, 1.82) is 0 Å². The Labute approximate surface area is 271 Å². The van der Waals surface area contributed by atoms with Gasteiger partial charge in [-0.15, -0.1) is 0 Å². The third kappa shape index (κ3) is 32.9. The minimum atomic E-state index is -1.53. The first kappa shape index (κ1) is 46.1. The van der Waals surface area contributed by atoms with E-state index in [-0.39, 0.29) is 131 Å². The first-order valence-electron chi connectivity index (χ1n) is 7.58. The maximum absolute atomic E-state index is 10.3. The molecule has 0 fully saturated rings. The third-order valence-corrected chi connectivity index (χ3v) is 2.84. The molecule has 0 aliphatic rings. The summed E-state index contributed by atoms with van der Waals surface area (Å²) in [6.45, 7) is -1.13. The van der Waals surface area contributed by atoms with Crippen LogP contribution in [-0.4, -0.2) is 71.2 Å². The first-order valence-corrected chi connectivity index (χ1v) is 7.58.